The predicted molar refractivity (Wildman–Crippen MR) is 84.4 cm³/mol. The molecule has 2 aliphatic rings. The van der Waals surface area contributed by atoms with Gasteiger partial charge in [0.05, 0.1) is 10.9 Å². The summed E-state index contributed by atoms with van der Waals surface area (Å²) in [5.74, 6) is -2.52. The zero-order chi connectivity index (χ0) is 16.3. The van der Waals surface area contributed by atoms with Gasteiger partial charge in [-0.3, -0.25) is 14.4 Å². The molecule has 0 saturated heterocycles. The van der Waals surface area contributed by atoms with Crippen LogP contribution in [0.4, 0.5) is 0 Å². The topological polar surface area (TPSA) is 96.5 Å². The van der Waals surface area contributed by atoms with Crippen LogP contribution in [0.25, 0.3) is 0 Å². The average Bonchev–Trinajstić information content (AvgIpc) is 2.86. The number of thioether (sulfide) groups is 1. The zero-order valence-electron chi connectivity index (χ0n) is 11.9. The molecule has 0 spiro atoms. The first-order valence-electron chi connectivity index (χ1n) is 6.90. The van der Waals surface area contributed by atoms with Gasteiger partial charge in [-0.25, -0.2) is 0 Å². The highest BCUT2D eigenvalue weighted by Gasteiger charge is 2.51. The van der Waals surface area contributed by atoms with Crippen LogP contribution in [-0.4, -0.2) is 27.3 Å². The maximum absolute atomic E-state index is 12.4. The second kappa shape index (κ2) is 4.97. The number of aromatic amines is 1. The number of H-pyrrole nitrogens is 1. The highest BCUT2D eigenvalue weighted by Crippen LogP contribution is 2.53. The Kier molecular flexibility index (Phi) is 3.14. The number of carbonyl (C=O) groups excluding carboxylic acids is 1. The van der Waals surface area contributed by atoms with Gasteiger partial charge >= 0.3 is 16.8 Å². The SMILES string of the molecule is Cc1ccc2c(c1)[C@@H]1c3sc(=O)[nH]c3S[C@H](C(=O)O)[C@H]1C(=O)O2. The third kappa shape index (κ3) is 2.13. The third-order valence-electron chi connectivity index (χ3n) is 4.08. The molecule has 3 atom stereocenters. The molecule has 0 saturated carbocycles. The summed E-state index contributed by atoms with van der Waals surface area (Å²) in [4.78, 5) is 39.0. The molecule has 0 unspecified atom stereocenters. The first-order valence-corrected chi connectivity index (χ1v) is 8.60. The molecule has 2 N–H and O–H groups in total. The van der Waals surface area contributed by atoms with Crippen molar-refractivity contribution in [2.45, 2.75) is 23.1 Å². The van der Waals surface area contributed by atoms with Crippen LogP contribution in [0.5, 0.6) is 5.75 Å². The minimum Gasteiger partial charge on any atom is -0.480 e. The Bertz CT molecular complexity index is 900. The molecule has 0 radical (unpaired) electrons. The summed E-state index contributed by atoms with van der Waals surface area (Å²) in [6.45, 7) is 1.92. The molecule has 1 aromatic carbocycles. The van der Waals surface area contributed by atoms with Crippen molar-refractivity contribution in [3.8, 4) is 5.75 Å². The number of thiazole rings is 1. The molecule has 6 nitrogen and oxygen atoms in total. The van der Waals surface area contributed by atoms with Crippen molar-refractivity contribution >= 4 is 35.0 Å². The lowest BCUT2D eigenvalue weighted by atomic mass is 9.79. The summed E-state index contributed by atoms with van der Waals surface area (Å²) in [5, 5.41) is 9.06. The summed E-state index contributed by atoms with van der Waals surface area (Å²) < 4.78 is 5.36. The number of carbonyl (C=O) groups is 2. The number of benzene rings is 1. The number of aliphatic carboxylic acids is 1. The summed E-state index contributed by atoms with van der Waals surface area (Å²) in [6, 6.07) is 5.44. The molecule has 4 rings (SSSR count). The van der Waals surface area contributed by atoms with Gasteiger partial charge < -0.3 is 14.8 Å². The Labute approximate surface area is 138 Å². The van der Waals surface area contributed by atoms with Gasteiger partial charge in [0.2, 0.25) is 0 Å². The Balaban J connectivity index is 2.00. The van der Waals surface area contributed by atoms with Crippen molar-refractivity contribution in [3.63, 3.8) is 0 Å². The van der Waals surface area contributed by atoms with Gasteiger partial charge in [-0.1, -0.05) is 40.8 Å². The van der Waals surface area contributed by atoms with Crippen LogP contribution < -0.4 is 9.61 Å². The van der Waals surface area contributed by atoms with E-state index in [0.29, 0.717) is 15.7 Å². The first kappa shape index (κ1) is 14.5. The largest absolute Gasteiger partial charge is 0.480 e. The minimum absolute atomic E-state index is 0.250. The standard InChI is InChI=1S/C15H11NO5S2/c1-5-2-3-7-6(4-5)8-9(14(19)21-7)11(13(17)18)22-12-10(8)23-15(20)16-12/h2-4,8-9,11H,1H3,(H,16,20)(H,17,18)/t8-,9-,11-/m0/s1. The maximum atomic E-state index is 12.4. The molecule has 23 heavy (non-hydrogen) atoms. The van der Waals surface area contributed by atoms with Crippen molar-refractivity contribution in [1.82, 2.24) is 4.98 Å². The average molecular weight is 349 g/mol. The number of nitrogens with one attached hydrogen (secondary N) is 1. The van der Waals surface area contributed by atoms with E-state index in [-0.39, 0.29) is 4.87 Å². The van der Waals surface area contributed by atoms with Crippen LogP contribution >= 0.6 is 23.1 Å². The highest BCUT2D eigenvalue weighted by atomic mass is 32.2. The smallest absolute Gasteiger partial charge is 0.317 e. The van der Waals surface area contributed by atoms with Crippen LogP contribution in [0, 0.1) is 12.8 Å². The second-order valence-corrected chi connectivity index (χ2v) is 7.72. The van der Waals surface area contributed by atoms with Crippen molar-refractivity contribution in [3.05, 3.63) is 43.9 Å². The van der Waals surface area contributed by atoms with E-state index >= 15 is 0 Å². The molecule has 0 bridgehead atoms. The molecule has 3 heterocycles. The van der Waals surface area contributed by atoms with Crippen LogP contribution in [0.15, 0.2) is 28.0 Å². The van der Waals surface area contributed by atoms with E-state index in [9.17, 15) is 19.5 Å². The quantitative estimate of drug-likeness (QED) is 0.604. The van der Waals surface area contributed by atoms with Crippen LogP contribution in [0.3, 0.4) is 0 Å². The molecule has 0 fully saturated rings. The van der Waals surface area contributed by atoms with Crippen molar-refractivity contribution in [1.29, 1.82) is 0 Å². The van der Waals surface area contributed by atoms with E-state index in [4.69, 9.17) is 4.74 Å². The van der Waals surface area contributed by atoms with Gasteiger partial charge in [-0.15, -0.1) is 0 Å². The van der Waals surface area contributed by atoms with Crippen LogP contribution in [-0.2, 0) is 9.59 Å². The van der Waals surface area contributed by atoms with E-state index < -0.39 is 29.0 Å². The number of aryl methyl sites for hydroxylation is 1. The molecular formula is C15H11NO5S2. The summed E-state index contributed by atoms with van der Waals surface area (Å²) in [5.41, 5.74) is 1.74. The molecule has 1 aromatic heterocycles. The fraction of sp³-hybridized carbons (Fsp3) is 0.267. The van der Waals surface area contributed by atoms with Gasteiger partial charge in [0.15, 0.2) is 0 Å². The Morgan fingerprint density at radius 2 is 2.13 bits per heavy atom. The molecule has 0 aliphatic carbocycles. The number of carboxylic acid groups (broad SMARTS) is 1. The lowest BCUT2D eigenvalue weighted by Gasteiger charge is -2.37. The Hall–Kier alpha value is -2.06. The van der Waals surface area contributed by atoms with E-state index in [1.165, 1.54) is 0 Å². The maximum Gasteiger partial charge on any atom is 0.317 e. The highest BCUT2D eigenvalue weighted by molar-refractivity contribution is 8.00. The molecule has 2 aromatic rings. The summed E-state index contributed by atoms with van der Waals surface area (Å²) in [7, 11) is 0. The Morgan fingerprint density at radius 1 is 1.35 bits per heavy atom. The zero-order valence-corrected chi connectivity index (χ0v) is 13.5. The number of ether oxygens (including phenoxy) is 1. The summed E-state index contributed by atoms with van der Waals surface area (Å²) >= 11 is 2.04. The first-order chi connectivity index (χ1) is 11.0. The lowest BCUT2D eigenvalue weighted by Crippen LogP contribution is -2.44. The van der Waals surface area contributed by atoms with E-state index in [2.05, 4.69) is 4.98 Å². The normalized spacial score (nSPS) is 25.1. The Morgan fingerprint density at radius 3 is 2.87 bits per heavy atom. The number of hydrogen-bond donors (Lipinski definition) is 2. The molecule has 8 heteroatoms. The number of hydrogen-bond acceptors (Lipinski definition) is 6. The van der Waals surface area contributed by atoms with Gasteiger partial charge in [0.1, 0.15) is 11.0 Å². The van der Waals surface area contributed by atoms with Crippen molar-refractivity contribution in [2.24, 2.45) is 5.92 Å². The minimum atomic E-state index is -1.09. The lowest BCUT2D eigenvalue weighted by molar-refractivity contribution is -0.147. The van der Waals surface area contributed by atoms with E-state index in [1.54, 1.807) is 6.07 Å². The number of esters is 1. The van der Waals surface area contributed by atoms with Crippen LogP contribution in [0.2, 0.25) is 0 Å². The predicted octanol–water partition coefficient (Wildman–Crippen LogP) is 1.97. The van der Waals surface area contributed by atoms with Gasteiger partial charge in [-0.2, -0.15) is 0 Å². The fourth-order valence-corrected chi connectivity index (χ4v) is 5.53. The monoisotopic (exact) mass is 349 g/mol. The molecule has 0 amide bonds. The van der Waals surface area contributed by atoms with Gasteiger partial charge in [0.25, 0.3) is 0 Å². The van der Waals surface area contributed by atoms with Crippen LogP contribution in [0.1, 0.15) is 21.9 Å². The fourth-order valence-electron chi connectivity index (χ4n) is 3.14. The van der Waals surface area contributed by atoms with Gasteiger partial charge in [-0.05, 0) is 13.0 Å². The van der Waals surface area contributed by atoms with Crippen molar-refractivity contribution in [2.75, 3.05) is 0 Å². The summed E-state index contributed by atoms with van der Waals surface area (Å²) in [6.07, 6.45) is 0. The number of rotatable bonds is 1. The van der Waals surface area contributed by atoms with Gasteiger partial charge in [0, 0.05) is 16.4 Å². The number of carboxylic acids is 1. The van der Waals surface area contributed by atoms with E-state index in [1.807, 2.05) is 19.1 Å². The third-order valence-corrected chi connectivity index (χ3v) is 6.48. The molecule has 2 aliphatic heterocycles. The van der Waals surface area contributed by atoms with E-state index in [0.717, 1.165) is 34.2 Å². The second-order valence-electron chi connectivity index (χ2n) is 5.55. The molecule has 118 valence electrons. The number of aromatic nitrogens is 1. The number of fused-ring (bicyclic) bond motifs is 5. The molecular weight excluding hydrogens is 338 g/mol. The van der Waals surface area contributed by atoms with Crippen molar-refractivity contribution < 1.29 is 19.4 Å².